The van der Waals surface area contributed by atoms with Crippen LogP contribution in [0.2, 0.25) is 0 Å². The van der Waals surface area contributed by atoms with Crippen molar-refractivity contribution in [1.82, 2.24) is 5.32 Å². The maximum Gasteiger partial charge on any atom is 0.223 e. The van der Waals surface area contributed by atoms with Crippen LogP contribution in [0.25, 0.3) is 0 Å². The smallest absolute Gasteiger partial charge is 0.223 e. The van der Waals surface area contributed by atoms with Gasteiger partial charge < -0.3 is 10.1 Å². The summed E-state index contributed by atoms with van der Waals surface area (Å²) in [6, 6.07) is 10.8. The molecule has 1 aromatic rings. The third kappa shape index (κ3) is 4.08. The highest BCUT2D eigenvalue weighted by molar-refractivity contribution is 5.77. The van der Waals surface area contributed by atoms with Gasteiger partial charge in [-0.1, -0.05) is 30.3 Å². The van der Waals surface area contributed by atoms with Gasteiger partial charge in [0.25, 0.3) is 0 Å². The maximum absolute atomic E-state index is 11.9. The summed E-state index contributed by atoms with van der Waals surface area (Å²) in [6.45, 7) is 0.734. The number of nitrogens with one attached hydrogen (secondary N) is 1. The molecule has 1 aliphatic heterocycles. The molecule has 100 valence electrons. The highest BCUT2D eigenvalue weighted by Gasteiger charge is 2.20. The molecule has 1 aromatic carbocycles. The Morgan fingerprint density at radius 3 is 2.84 bits per heavy atom. The number of carbonyl (C=O) groups is 1. The number of benzene rings is 1. The predicted molar refractivity (Wildman–Crippen MR) is 71.1 cm³/mol. The molecule has 19 heavy (non-hydrogen) atoms. The Labute approximate surface area is 113 Å². The third-order valence-corrected chi connectivity index (χ3v) is 3.25. The lowest BCUT2D eigenvalue weighted by molar-refractivity contribution is -0.125. The molecule has 1 fully saturated rings. The Morgan fingerprint density at radius 1 is 1.42 bits per heavy atom. The molecule has 0 radical (unpaired) electrons. The lowest BCUT2D eigenvalue weighted by atomic mass is 10.0. The highest BCUT2D eigenvalue weighted by atomic mass is 16.5. The Kier molecular flexibility index (Phi) is 4.93. The summed E-state index contributed by atoms with van der Waals surface area (Å²) >= 11 is 0. The van der Waals surface area contributed by atoms with Crippen LogP contribution in [-0.4, -0.2) is 18.6 Å². The van der Waals surface area contributed by atoms with Gasteiger partial charge in [-0.25, -0.2) is 0 Å². The van der Waals surface area contributed by atoms with E-state index in [1.54, 1.807) is 0 Å². The van der Waals surface area contributed by atoms with Crippen molar-refractivity contribution < 1.29 is 9.53 Å². The number of ether oxygens (including phenoxy) is 1. The van der Waals surface area contributed by atoms with Crippen molar-refractivity contribution in [3.05, 3.63) is 35.9 Å². The van der Waals surface area contributed by atoms with Gasteiger partial charge in [0, 0.05) is 6.61 Å². The zero-order valence-corrected chi connectivity index (χ0v) is 10.8. The molecule has 1 amide bonds. The number of hydrogen-bond acceptors (Lipinski definition) is 3. The second-order valence-corrected chi connectivity index (χ2v) is 4.73. The van der Waals surface area contributed by atoms with Gasteiger partial charge in [-0.2, -0.15) is 5.26 Å². The lowest BCUT2D eigenvalue weighted by Crippen LogP contribution is -2.32. The largest absolute Gasteiger partial charge is 0.378 e. The van der Waals surface area contributed by atoms with Gasteiger partial charge in [0.05, 0.1) is 18.6 Å². The van der Waals surface area contributed by atoms with Gasteiger partial charge in [-0.15, -0.1) is 0 Å². The lowest BCUT2D eigenvalue weighted by Gasteiger charge is -2.22. The fraction of sp³-hybridized carbons (Fsp3) is 0.467. The first-order valence-electron chi connectivity index (χ1n) is 6.65. The molecule has 1 aliphatic rings. The van der Waals surface area contributed by atoms with Gasteiger partial charge >= 0.3 is 0 Å². The second kappa shape index (κ2) is 6.91. The summed E-state index contributed by atoms with van der Waals surface area (Å²) in [6.07, 6.45) is 3.45. The predicted octanol–water partition coefficient (Wildman–Crippen LogP) is 2.33. The van der Waals surface area contributed by atoms with Gasteiger partial charge in [0.15, 0.2) is 0 Å². The van der Waals surface area contributed by atoms with Crippen molar-refractivity contribution in [3.8, 4) is 6.07 Å². The van der Waals surface area contributed by atoms with Crippen molar-refractivity contribution in [2.45, 2.75) is 37.8 Å². The average Bonchev–Trinajstić information content (AvgIpc) is 2.47. The minimum Gasteiger partial charge on any atom is -0.378 e. The molecule has 4 nitrogen and oxygen atoms in total. The zero-order chi connectivity index (χ0) is 13.5. The first-order chi connectivity index (χ1) is 9.29. The van der Waals surface area contributed by atoms with E-state index < -0.39 is 6.04 Å². The third-order valence-electron chi connectivity index (χ3n) is 3.25. The van der Waals surface area contributed by atoms with Crippen LogP contribution in [0.15, 0.2) is 30.3 Å². The summed E-state index contributed by atoms with van der Waals surface area (Å²) in [5, 5.41) is 11.9. The van der Waals surface area contributed by atoms with Crippen molar-refractivity contribution in [2.24, 2.45) is 0 Å². The minimum absolute atomic E-state index is 0.00358. The fourth-order valence-electron chi connectivity index (χ4n) is 2.23. The van der Waals surface area contributed by atoms with Crippen molar-refractivity contribution in [1.29, 1.82) is 5.26 Å². The second-order valence-electron chi connectivity index (χ2n) is 4.73. The van der Waals surface area contributed by atoms with Gasteiger partial charge in [-0.3, -0.25) is 4.79 Å². The summed E-state index contributed by atoms with van der Waals surface area (Å²) in [7, 11) is 0. The maximum atomic E-state index is 11.9. The van der Waals surface area contributed by atoms with Crippen LogP contribution in [0.3, 0.4) is 0 Å². The molecule has 2 atom stereocenters. The van der Waals surface area contributed by atoms with Crippen molar-refractivity contribution >= 4 is 5.91 Å². The SMILES string of the molecule is N#CC(NC(=O)CC1CCCCO1)c1ccccc1. The number of hydrogen-bond donors (Lipinski definition) is 1. The Balaban J connectivity index is 1.88. The number of amides is 1. The highest BCUT2D eigenvalue weighted by Crippen LogP contribution is 2.17. The van der Waals surface area contributed by atoms with Crippen LogP contribution >= 0.6 is 0 Å². The van der Waals surface area contributed by atoms with E-state index in [1.807, 2.05) is 30.3 Å². The Morgan fingerprint density at radius 2 is 2.21 bits per heavy atom. The van der Waals surface area contributed by atoms with E-state index in [0.29, 0.717) is 6.42 Å². The molecule has 0 saturated carbocycles. The van der Waals surface area contributed by atoms with Crippen LogP contribution in [0.1, 0.15) is 37.3 Å². The van der Waals surface area contributed by atoms with E-state index >= 15 is 0 Å². The van der Waals surface area contributed by atoms with E-state index in [2.05, 4.69) is 11.4 Å². The minimum atomic E-state index is -0.586. The average molecular weight is 258 g/mol. The number of nitriles is 1. The standard InChI is InChI=1S/C15H18N2O2/c16-11-14(12-6-2-1-3-7-12)17-15(18)10-13-8-4-5-9-19-13/h1-3,6-7,13-14H,4-5,8-10H2,(H,17,18). The summed E-state index contributed by atoms with van der Waals surface area (Å²) in [4.78, 5) is 11.9. The monoisotopic (exact) mass is 258 g/mol. The Hall–Kier alpha value is -1.86. The van der Waals surface area contributed by atoms with Gasteiger partial charge in [0.1, 0.15) is 6.04 Å². The first kappa shape index (κ1) is 13.6. The van der Waals surface area contributed by atoms with Gasteiger partial charge in [-0.05, 0) is 24.8 Å². The summed E-state index contributed by atoms with van der Waals surface area (Å²) in [5.41, 5.74) is 0.808. The van der Waals surface area contributed by atoms with Crippen molar-refractivity contribution in [3.63, 3.8) is 0 Å². The molecule has 2 unspecified atom stereocenters. The molecule has 0 aromatic heterocycles. The molecule has 4 heteroatoms. The van der Waals surface area contributed by atoms with E-state index in [1.165, 1.54) is 0 Å². The van der Waals surface area contributed by atoms with Crippen LogP contribution < -0.4 is 5.32 Å². The molecule has 0 spiro atoms. The molecule has 1 saturated heterocycles. The molecule has 2 rings (SSSR count). The normalized spacial score (nSPS) is 20.3. The molecular formula is C15H18N2O2. The quantitative estimate of drug-likeness (QED) is 0.901. The molecular weight excluding hydrogens is 240 g/mol. The van der Waals surface area contributed by atoms with E-state index in [-0.39, 0.29) is 12.0 Å². The first-order valence-corrected chi connectivity index (χ1v) is 6.65. The van der Waals surface area contributed by atoms with Crippen LogP contribution in [-0.2, 0) is 9.53 Å². The van der Waals surface area contributed by atoms with E-state index in [0.717, 1.165) is 31.4 Å². The van der Waals surface area contributed by atoms with Gasteiger partial charge in [0.2, 0.25) is 5.91 Å². The fourth-order valence-corrected chi connectivity index (χ4v) is 2.23. The van der Waals surface area contributed by atoms with Crippen LogP contribution in [0.4, 0.5) is 0 Å². The molecule has 1 heterocycles. The molecule has 0 bridgehead atoms. The van der Waals surface area contributed by atoms with Crippen molar-refractivity contribution in [2.75, 3.05) is 6.61 Å². The van der Waals surface area contributed by atoms with Crippen LogP contribution in [0.5, 0.6) is 0 Å². The molecule has 0 aliphatic carbocycles. The van der Waals surface area contributed by atoms with Crippen LogP contribution in [0, 0.1) is 11.3 Å². The van der Waals surface area contributed by atoms with E-state index in [4.69, 9.17) is 10.00 Å². The number of carbonyl (C=O) groups excluding carboxylic acids is 1. The molecule has 1 N–H and O–H groups in total. The summed E-state index contributed by atoms with van der Waals surface area (Å²) < 4.78 is 5.53. The number of rotatable bonds is 4. The van der Waals surface area contributed by atoms with E-state index in [9.17, 15) is 4.79 Å². The summed E-state index contributed by atoms with van der Waals surface area (Å²) in [5.74, 6) is -0.123. The Bertz CT molecular complexity index is 447. The topological polar surface area (TPSA) is 62.1 Å². The number of nitrogens with zero attached hydrogens (tertiary/aromatic N) is 1. The zero-order valence-electron chi connectivity index (χ0n) is 10.8.